The predicted molar refractivity (Wildman–Crippen MR) is 49.2 cm³/mol. The highest BCUT2D eigenvalue weighted by Crippen LogP contribution is 2.30. The minimum Gasteiger partial charge on any atom is -0.378 e. The van der Waals surface area contributed by atoms with E-state index in [1.54, 1.807) is 0 Å². The summed E-state index contributed by atoms with van der Waals surface area (Å²) in [7, 11) is 0. The monoisotopic (exact) mass is 169 g/mol. The molecule has 1 saturated carbocycles. The van der Waals surface area contributed by atoms with E-state index in [-0.39, 0.29) is 0 Å². The summed E-state index contributed by atoms with van der Waals surface area (Å²) in [6.07, 6.45) is 6.80. The van der Waals surface area contributed by atoms with Gasteiger partial charge in [0, 0.05) is 11.6 Å². The van der Waals surface area contributed by atoms with Gasteiger partial charge in [-0.15, -0.1) is 0 Å². The Morgan fingerprint density at radius 3 is 2.67 bits per heavy atom. The van der Waals surface area contributed by atoms with Gasteiger partial charge in [-0.05, 0) is 19.8 Å². The van der Waals surface area contributed by atoms with Gasteiger partial charge < -0.3 is 10.1 Å². The lowest BCUT2D eigenvalue weighted by Crippen LogP contribution is -2.58. The summed E-state index contributed by atoms with van der Waals surface area (Å²) >= 11 is 0. The molecule has 0 amide bonds. The van der Waals surface area contributed by atoms with Crippen LogP contribution in [-0.2, 0) is 4.74 Å². The zero-order valence-electron chi connectivity index (χ0n) is 7.94. The first-order chi connectivity index (χ1) is 5.81. The van der Waals surface area contributed by atoms with E-state index in [0.717, 1.165) is 13.2 Å². The van der Waals surface area contributed by atoms with E-state index < -0.39 is 0 Å². The summed E-state index contributed by atoms with van der Waals surface area (Å²) in [5.74, 6) is 0. The second-order valence-corrected chi connectivity index (χ2v) is 4.40. The third-order valence-electron chi connectivity index (χ3n) is 3.11. The van der Waals surface area contributed by atoms with Gasteiger partial charge in [-0.3, -0.25) is 0 Å². The molecule has 1 unspecified atom stereocenters. The SMILES string of the molecule is CC1COCC2(CCCCC2)N1. The van der Waals surface area contributed by atoms with Crippen molar-refractivity contribution in [3.8, 4) is 0 Å². The predicted octanol–water partition coefficient (Wildman–Crippen LogP) is 1.70. The van der Waals surface area contributed by atoms with Crippen molar-refractivity contribution in [2.24, 2.45) is 0 Å². The molecule has 0 aromatic rings. The van der Waals surface area contributed by atoms with Crippen molar-refractivity contribution in [3.63, 3.8) is 0 Å². The highest BCUT2D eigenvalue weighted by molar-refractivity contribution is 4.94. The van der Waals surface area contributed by atoms with Crippen LogP contribution in [0.25, 0.3) is 0 Å². The minimum absolute atomic E-state index is 0.357. The molecule has 2 rings (SSSR count). The molecule has 1 aliphatic carbocycles. The van der Waals surface area contributed by atoms with Gasteiger partial charge in [-0.2, -0.15) is 0 Å². The number of ether oxygens (including phenoxy) is 1. The maximum atomic E-state index is 5.61. The summed E-state index contributed by atoms with van der Waals surface area (Å²) < 4.78 is 5.61. The Morgan fingerprint density at radius 1 is 1.25 bits per heavy atom. The molecule has 2 heteroatoms. The molecular formula is C10H19NO. The van der Waals surface area contributed by atoms with Crippen molar-refractivity contribution in [2.75, 3.05) is 13.2 Å². The fraction of sp³-hybridized carbons (Fsp3) is 1.00. The largest absolute Gasteiger partial charge is 0.378 e. The molecule has 1 aliphatic heterocycles. The van der Waals surface area contributed by atoms with Gasteiger partial charge in [-0.1, -0.05) is 19.3 Å². The normalized spacial score (nSPS) is 35.2. The number of morpholine rings is 1. The van der Waals surface area contributed by atoms with Gasteiger partial charge in [0.2, 0.25) is 0 Å². The topological polar surface area (TPSA) is 21.3 Å². The van der Waals surface area contributed by atoms with Crippen molar-refractivity contribution >= 4 is 0 Å². The molecule has 70 valence electrons. The summed E-state index contributed by atoms with van der Waals surface area (Å²) in [4.78, 5) is 0. The summed E-state index contributed by atoms with van der Waals surface area (Å²) in [5.41, 5.74) is 0.357. The molecule has 2 nitrogen and oxygen atoms in total. The lowest BCUT2D eigenvalue weighted by Gasteiger charge is -2.43. The fourth-order valence-corrected chi connectivity index (χ4v) is 2.55. The van der Waals surface area contributed by atoms with Crippen LogP contribution in [0.4, 0.5) is 0 Å². The average molecular weight is 169 g/mol. The molecular weight excluding hydrogens is 150 g/mol. The standard InChI is InChI=1S/C10H19NO/c1-9-7-12-8-10(11-9)5-3-2-4-6-10/h9,11H,2-8H2,1H3. The van der Waals surface area contributed by atoms with Crippen LogP contribution in [-0.4, -0.2) is 24.8 Å². The third kappa shape index (κ3) is 1.64. The maximum absolute atomic E-state index is 5.61. The van der Waals surface area contributed by atoms with Crippen LogP contribution in [0.1, 0.15) is 39.0 Å². The van der Waals surface area contributed by atoms with Crippen LogP contribution in [0, 0.1) is 0 Å². The van der Waals surface area contributed by atoms with Gasteiger partial charge in [0.05, 0.1) is 13.2 Å². The first-order valence-corrected chi connectivity index (χ1v) is 5.16. The molecule has 0 aromatic carbocycles. The summed E-state index contributed by atoms with van der Waals surface area (Å²) in [6, 6.07) is 0.553. The molecule has 2 fully saturated rings. The van der Waals surface area contributed by atoms with Crippen molar-refractivity contribution in [1.82, 2.24) is 5.32 Å². The molecule has 1 spiro atoms. The first kappa shape index (κ1) is 8.52. The van der Waals surface area contributed by atoms with Crippen LogP contribution in [0.15, 0.2) is 0 Å². The first-order valence-electron chi connectivity index (χ1n) is 5.16. The van der Waals surface area contributed by atoms with E-state index in [0.29, 0.717) is 11.6 Å². The van der Waals surface area contributed by atoms with Crippen molar-refractivity contribution in [2.45, 2.75) is 50.6 Å². The number of nitrogens with one attached hydrogen (secondary N) is 1. The Hall–Kier alpha value is -0.0800. The van der Waals surface area contributed by atoms with Gasteiger partial charge in [0.1, 0.15) is 0 Å². The lowest BCUT2D eigenvalue weighted by molar-refractivity contribution is -0.0131. The lowest BCUT2D eigenvalue weighted by atomic mass is 9.81. The third-order valence-corrected chi connectivity index (χ3v) is 3.11. The molecule has 1 atom stereocenters. The number of hydrogen-bond acceptors (Lipinski definition) is 2. The zero-order valence-corrected chi connectivity index (χ0v) is 7.94. The van der Waals surface area contributed by atoms with Crippen LogP contribution >= 0.6 is 0 Å². The second-order valence-electron chi connectivity index (χ2n) is 4.40. The highest BCUT2D eigenvalue weighted by Gasteiger charge is 2.35. The van der Waals surface area contributed by atoms with E-state index >= 15 is 0 Å². The summed E-state index contributed by atoms with van der Waals surface area (Å²) in [5, 5.41) is 3.71. The van der Waals surface area contributed by atoms with Crippen molar-refractivity contribution < 1.29 is 4.74 Å². The molecule has 0 radical (unpaired) electrons. The average Bonchev–Trinajstić information content (AvgIpc) is 2.05. The minimum atomic E-state index is 0.357. The Morgan fingerprint density at radius 2 is 2.00 bits per heavy atom. The van der Waals surface area contributed by atoms with Gasteiger partial charge >= 0.3 is 0 Å². The van der Waals surface area contributed by atoms with Crippen molar-refractivity contribution in [1.29, 1.82) is 0 Å². The molecule has 2 aliphatic rings. The van der Waals surface area contributed by atoms with Gasteiger partial charge in [-0.25, -0.2) is 0 Å². The zero-order chi connectivity index (χ0) is 8.44. The fourth-order valence-electron chi connectivity index (χ4n) is 2.55. The van der Waals surface area contributed by atoms with Crippen LogP contribution in [0.5, 0.6) is 0 Å². The molecule has 0 bridgehead atoms. The Bertz CT molecular complexity index is 146. The van der Waals surface area contributed by atoms with E-state index in [4.69, 9.17) is 4.74 Å². The Kier molecular flexibility index (Phi) is 2.37. The second kappa shape index (κ2) is 3.35. The smallest absolute Gasteiger partial charge is 0.0649 e. The Labute approximate surface area is 74.7 Å². The van der Waals surface area contributed by atoms with E-state index in [9.17, 15) is 0 Å². The quantitative estimate of drug-likeness (QED) is 0.596. The van der Waals surface area contributed by atoms with E-state index in [2.05, 4.69) is 12.2 Å². The molecule has 1 saturated heterocycles. The number of rotatable bonds is 0. The molecule has 1 N–H and O–H groups in total. The van der Waals surface area contributed by atoms with E-state index in [1.165, 1.54) is 32.1 Å². The van der Waals surface area contributed by atoms with Gasteiger partial charge in [0.15, 0.2) is 0 Å². The molecule has 0 aromatic heterocycles. The van der Waals surface area contributed by atoms with Crippen LogP contribution in [0.3, 0.4) is 0 Å². The van der Waals surface area contributed by atoms with E-state index in [1.807, 2.05) is 0 Å². The molecule has 1 heterocycles. The van der Waals surface area contributed by atoms with Crippen LogP contribution < -0.4 is 5.32 Å². The number of hydrogen-bond donors (Lipinski definition) is 1. The molecule has 12 heavy (non-hydrogen) atoms. The maximum Gasteiger partial charge on any atom is 0.0649 e. The van der Waals surface area contributed by atoms with Crippen LogP contribution in [0.2, 0.25) is 0 Å². The summed E-state index contributed by atoms with van der Waals surface area (Å²) in [6.45, 7) is 4.05. The van der Waals surface area contributed by atoms with Crippen molar-refractivity contribution in [3.05, 3.63) is 0 Å². The van der Waals surface area contributed by atoms with Gasteiger partial charge in [0.25, 0.3) is 0 Å². The highest BCUT2D eigenvalue weighted by atomic mass is 16.5. The Balaban J connectivity index is 1.97.